The summed E-state index contributed by atoms with van der Waals surface area (Å²) in [5, 5.41) is 26.9. The van der Waals surface area contributed by atoms with Crippen molar-refractivity contribution < 1.29 is 14.8 Å². The molecular weight excluding hydrogens is 266 g/mol. The lowest BCUT2D eigenvalue weighted by Gasteiger charge is -2.32. The van der Waals surface area contributed by atoms with Gasteiger partial charge in [0, 0.05) is 39.6 Å². The molecule has 1 aromatic rings. The highest BCUT2D eigenvalue weighted by Crippen LogP contribution is 2.29. The zero-order chi connectivity index (χ0) is 14.6. The van der Waals surface area contributed by atoms with E-state index in [2.05, 4.69) is 20.6 Å². The van der Waals surface area contributed by atoms with E-state index in [4.69, 9.17) is 4.74 Å². The average Bonchev–Trinajstić information content (AvgIpc) is 2.45. The van der Waals surface area contributed by atoms with Gasteiger partial charge in [0.05, 0.1) is 10.5 Å². The lowest BCUT2D eigenvalue weighted by Crippen LogP contribution is -2.42. The molecule has 0 saturated carbocycles. The van der Waals surface area contributed by atoms with Gasteiger partial charge >= 0.3 is 5.69 Å². The van der Waals surface area contributed by atoms with Crippen LogP contribution in [0.1, 0.15) is 12.8 Å². The number of rotatable bonds is 5. The Morgan fingerprint density at radius 3 is 2.70 bits per heavy atom. The molecule has 110 valence electrons. The van der Waals surface area contributed by atoms with Crippen molar-refractivity contribution in [1.29, 1.82) is 0 Å². The number of nitro groups is 1. The highest BCUT2D eigenvalue weighted by Gasteiger charge is 2.31. The van der Waals surface area contributed by atoms with Gasteiger partial charge in [-0.05, 0) is 0 Å². The lowest BCUT2D eigenvalue weighted by atomic mass is 9.94. The van der Waals surface area contributed by atoms with Crippen LogP contribution in [-0.2, 0) is 4.74 Å². The first-order valence-corrected chi connectivity index (χ1v) is 6.27. The fourth-order valence-electron chi connectivity index (χ4n) is 2.04. The van der Waals surface area contributed by atoms with Crippen LogP contribution in [0.3, 0.4) is 0 Å². The van der Waals surface area contributed by atoms with Crippen LogP contribution in [0, 0.1) is 10.1 Å². The van der Waals surface area contributed by atoms with E-state index in [0.29, 0.717) is 26.1 Å². The van der Waals surface area contributed by atoms with Crippen LogP contribution in [0.5, 0.6) is 0 Å². The van der Waals surface area contributed by atoms with Crippen LogP contribution in [0.4, 0.5) is 17.3 Å². The number of hydrogen-bond acceptors (Lipinski definition) is 8. The average molecular weight is 283 g/mol. The van der Waals surface area contributed by atoms with Gasteiger partial charge in [0.2, 0.25) is 11.6 Å². The van der Waals surface area contributed by atoms with Gasteiger partial charge in [0.25, 0.3) is 0 Å². The van der Waals surface area contributed by atoms with Gasteiger partial charge in [-0.1, -0.05) is 0 Å². The van der Waals surface area contributed by atoms with Crippen molar-refractivity contribution in [1.82, 2.24) is 9.97 Å². The summed E-state index contributed by atoms with van der Waals surface area (Å²) in [6, 6.07) is 0. The second-order valence-electron chi connectivity index (χ2n) is 4.62. The van der Waals surface area contributed by atoms with Gasteiger partial charge in [0.1, 0.15) is 6.33 Å². The van der Waals surface area contributed by atoms with E-state index >= 15 is 0 Å². The molecule has 0 aromatic carbocycles. The van der Waals surface area contributed by atoms with Crippen molar-refractivity contribution >= 4 is 17.3 Å². The minimum Gasteiger partial charge on any atom is -0.388 e. The van der Waals surface area contributed by atoms with Crippen LogP contribution >= 0.6 is 0 Å². The molecule has 1 saturated heterocycles. The van der Waals surface area contributed by atoms with Crippen molar-refractivity contribution in [2.75, 3.05) is 37.4 Å². The van der Waals surface area contributed by atoms with Crippen LogP contribution in [0.15, 0.2) is 6.33 Å². The normalized spacial score (nSPS) is 17.5. The Bertz CT molecular complexity index is 490. The zero-order valence-electron chi connectivity index (χ0n) is 11.1. The standard InChI is InChI=1S/C11H17N5O4/c1-12-9-8(16(18)19)10(15-7-14-9)13-6-11(17)2-4-20-5-3-11/h7,17H,2-6H2,1H3,(H2,12,13,14,15). The quantitative estimate of drug-likeness (QED) is 0.523. The Morgan fingerprint density at radius 2 is 2.10 bits per heavy atom. The van der Waals surface area contributed by atoms with Crippen LogP contribution < -0.4 is 10.6 Å². The summed E-state index contributed by atoms with van der Waals surface area (Å²) < 4.78 is 5.18. The summed E-state index contributed by atoms with van der Waals surface area (Å²) in [5.41, 5.74) is -1.16. The molecule has 0 atom stereocenters. The first kappa shape index (κ1) is 14.4. The van der Waals surface area contributed by atoms with E-state index < -0.39 is 10.5 Å². The molecule has 0 unspecified atom stereocenters. The van der Waals surface area contributed by atoms with Gasteiger partial charge in [-0.25, -0.2) is 9.97 Å². The highest BCUT2D eigenvalue weighted by atomic mass is 16.6. The predicted octanol–water partition coefficient (Wildman–Crippen LogP) is 0.380. The SMILES string of the molecule is CNc1ncnc(NCC2(O)CCOCC2)c1[N+](=O)[O-]. The molecule has 0 bridgehead atoms. The molecule has 1 aliphatic heterocycles. The minimum absolute atomic E-state index is 0.0919. The van der Waals surface area contributed by atoms with Crippen molar-refractivity contribution in [3.8, 4) is 0 Å². The van der Waals surface area contributed by atoms with Gasteiger partial charge in [-0.3, -0.25) is 10.1 Å². The van der Waals surface area contributed by atoms with Crippen molar-refractivity contribution in [3.05, 3.63) is 16.4 Å². The van der Waals surface area contributed by atoms with Crippen molar-refractivity contribution in [2.45, 2.75) is 18.4 Å². The summed E-state index contributed by atoms with van der Waals surface area (Å²) in [5.74, 6) is 0.223. The Hall–Kier alpha value is -2.00. The van der Waals surface area contributed by atoms with Crippen LogP contribution in [0.25, 0.3) is 0 Å². The lowest BCUT2D eigenvalue weighted by molar-refractivity contribution is -0.383. The first-order chi connectivity index (χ1) is 9.56. The second kappa shape index (κ2) is 5.97. The molecule has 1 aromatic heterocycles. The summed E-state index contributed by atoms with van der Waals surface area (Å²) in [6.45, 7) is 1.13. The first-order valence-electron chi connectivity index (χ1n) is 6.27. The predicted molar refractivity (Wildman–Crippen MR) is 71.7 cm³/mol. The summed E-state index contributed by atoms with van der Waals surface area (Å²) in [4.78, 5) is 18.2. The maximum Gasteiger partial charge on any atom is 0.353 e. The molecule has 9 nitrogen and oxygen atoms in total. The Morgan fingerprint density at radius 1 is 1.45 bits per heavy atom. The molecule has 9 heteroatoms. The number of hydrogen-bond donors (Lipinski definition) is 3. The van der Waals surface area contributed by atoms with Gasteiger partial charge in [-0.2, -0.15) is 0 Å². The maximum atomic E-state index is 11.1. The van der Waals surface area contributed by atoms with Crippen molar-refractivity contribution in [3.63, 3.8) is 0 Å². The largest absolute Gasteiger partial charge is 0.388 e. The van der Waals surface area contributed by atoms with E-state index in [0.717, 1.165) is 0 Å². The fourth-order valence-corrected chi connectivity index (χ4v) is 2.04. The molecule has 0 amide bonds. The Kier molecular flexibility index (Phi) is 4.30. The Balaban J connectivity index is 2.14. The third kappa shape index (κ3) is 3.11. The molecule has 3 N–H and O–H groups in total. The van der Waals surface area contributed by atoms with Crippen molar-refractivity contribution in [2.24, 2.45) is 0 Å². The third-order valence-corrected chi connectivity index (χ3v) is 3.25. The van der Waals surface area contributed by atoms with E-state index in [9.17, 15) is 15.2 Å². The molecule has 2 heterocycles. The number of aliphatic hydroxyl groups is 1. The highest BCUT2D eigenvalue weighted by molar-refractivity contribution is 5.69. The molecule has 0 aliphatic carbocycles. The van der Waals surface area contributed by atoms with Crippen LogP contribution in [0.2, 0.25) is 0 Å². The number of aromatic nitrogens is 2. The number of ether oxygens (including phenoxy) is 1. The van der Waals surface area contributed by atoms with E-state index in [-0.39, 0.29) is 23.9 Å². The van der Waals surface area contributed by atoms with E-state index in [1.54, 1.807) is 7.05 Å². The maximum absolute atomic E-state index is 11.1. The fraction of sp³-hybridized carbons (Fsp3) is 0.636. The van der Waals surface area contributed by atoms with E-state index in [1.807, 2.05) is 0 Å². The monoisotopic (exact) mass is 283 g/mol. The summed E-state index contributed by atoms with van der Waals surface area (Å²) in [6.07, 6.45) is 2.20. The summed E-state index contributed by atoms with van der Waals surface area (Å²) >= 11 is 0. The smallest absolute Gasteiger partial charge is 0.353 e. The molecule has 0 radical (unpaired) electrons. The minimum atomic E-state index is -0.934. The number of nitrogens with one attached hydrogen (secondary N) is 2. The van der Waals surface area contributed by atoms with Gasteiger partial charge in [0.15, 0.2) is 0 Å². The van der Waals surface area contributed by atoms with Gasteiger partial charge in [-0.15, -0.1) is 0 Å². The zero-order valence-corrected chi connectivity index (χ0v) is 11.1. The topological polar surface area (TPSA) is 122 Å². The van der Waals surface area contributed by atoms with Gasteiger partial charge < -0.3 is 20.5 Å². The second-order valence-corrected chi connectivity index (χ2v) is 4.62. The third-order valence-electron chi connectivity index (χ3n) is 3.25. The molecule has 0 spiro atoms. The molecule has 1 fully saturated rings. The van der Waals surface area contributed by atoms with E-state index in [1.165, 1.54) is 6.33 Å². The number of anilines is 2. The van der Waals surface area contributed by atoms with Crippen LogP contribution in [-0.4, -0.2) is 52.4 Å². The molecular formula is C11H17N5O4. The molecule has 20 heavy (non-hydrogen) atoms. The molecule has 1 aliphatic rings. The molecule has 2 rings (SSSR count). The summed E-state index contributed by atoms with van der Waals surface area (Å²) in [7, 11) is 1.55. The number of nitrogens with zero attached hydrogens (tertiary/aromatic N) is 3. The Labute approximate surface area is 115 Å².